The molecular formula is C14H15ClF4N2O. The zero-order valence-electron chi connectivity index (χ0n) is 11.8. The molecule has 0 aliphatic carbocycles. The number of carbonyl (C=O) groups is 1. The van der Waals surface area contributed by atoms with Gasteiger partial charge in [-0.05, 0) is 18.2 Å². The molecule has 0 spiro atoms. The number of nitrogens with zero attached hydrogens (tertiary/aromatic N) is 2. The number of hydrogen-bond acceptors (Lipinski definition) is 2. The normalized spacial score (nSPS) is 16.5. The zero-order chi connectivity index (χ0) is 16.5. The van der Waals surface area contributed by atoms with Gasteiger partial charge in [0.2, 0.25) is 5.91 Å². The van der Waals surface area contributed by atoms with Gasteiger partial charge in [0, 0.05) is 37.3 Å². The van der Waals surface area contributed by atoms with Crippen LogP contribution >= 0.6 is 11.6 Å². The minimum Gasteiger partial charge on any atom is -0.341 e. The van der Waals surface area contributed by atoms with Crippen LogP contribution in [0.2, 0.25) is 5.02 Å². The van der Waals surface area contributed by atoms with E-state index >= 15 is 0 Å². The second kappa shape index (κ2) is 6.42. The minimum atomic E-state index is -4.26. The Morgan fingerprint density at radius 2 is 2.05 bits per heavy atom. The summed E-state index contributed by atoms with van der Waals surface area (Å²) in [5.74, 6) is -1.25. The smallest absolute Gasteiger partial charge is 0.341 e. The van der Waals surface area contributed by atoms with Crippen LogP contribution in [0.25, 0.3) is 0 Å². The first-order valence-electron chi connectivity index (χ1n) is 6.64. The Balaban J connectivity index is 1.87. The van der Waals surface area contributed by atoms with E-state index < -0.39 is 24.5 Å². The van der Waals surface area contributed by atoms with Crippen LogP contribution in [0.3, 0.4) is 0 Å². The number of rotatable bonds is 4. The highest BCUT2D eigenvalue weighted by molar-refractivity contribution is 6.30. The lowest BCUT2D eigenvalue weighted by Crippen LogP contribution is -2.55. The summed E-state index contributed by atoms with van der Waals surface area (Å²) in [4.78, 5) is 14.6. The van der Waals surface area contributed by atoms with Crippen molar-refractivity contribution in [3.63, 3.8) is 0 Å². The highest BCUT2D eigenvalue weighted by Gasteiger charge is 2.40. The van der Waals surface area contributed by atoms with Crippen molar-refractivity contribution < 1.29 is 22.4 Å². The lowest BCUT2D eigenvalue weighted by Gasteiger charge is -2.40. The summed E-state index contributed by atoms with van der Waals surface area (Å²) in [5.41, 5.74) is 0.273. The summed E-state index contributed by atoms with van der Waals surface area (Å²) in [5, 5.41) is 0.359. The molecule has 1 aliphatic heterocycles. The molecule has 0 radical (unpaired) electrons. The first-order chi connectivity index (χ1) is 10.2. The summed E-state index contributed by atoms with van der Waals surface area (Å²) in [7, 11) is 1.50. The Labute approximate surface area is 130 Å². The third-order valence-corrected chi connectivity index (χ3v) is 3.74. The molecule has 22 heavy (non-hydrogen) atoms. The fourth-order valence-corrected chi connectivity index (χ4v) is 2.61. The molecule has 8 heteroatoms. The van der Waals surface area contributed by atoms with Crippen molar-refractivity contribution >= 4 is 17.5 Å². The molecule has 3 nitrogen and oxygen atoms in total. The summed E-state index contributed by atoms with van der Waals surface area (Å²) >= 11 is 5.78. The molecule has 0 unspecified atom stereocenters. The number of halogens is 5. The maximum atomic E-state index is 13.6. The minimum absolute atomic E-state index is 0.0288. The second-order valence-electron chi connectivity index (χ2n) is 5.44. The van der Waals surface area contributed by atoms with Gasteiger partial charge in [-0.2, -0.15) is 13.2 Å². The molecule has 2 rings (SSSR count). The van der Waals surface area contributed by atoms with Gasteiger partial charge in [0.1, 0.15) is 5.82 Å². The molecule has 1 fully saturated rings. The average molecular weight is 339 g/mol. The highest BCUT2D eigenvalue weighted by Crippen LogP contribution is 2.25. The molecule has 0 saturated carbocycles. The van der Waals surface area contributed by atoms with Crippen molar-refractivity contribution in [1.29, 1.82) is 0 Å². The predicted octanol–water partition coefficient (Wildman–Crippen LogP) is 2.93. The van der Waals surface area contributed by atoms with E-state index in [4.69, 9.17) is 11.6 Å². The van der Waals surface area contributed by atoms with Gasteiger partial charge in [0.05, 0.1) is 12.5 Å². The van der Waals surface area contributed by atoms with E-state index in [-0.39, 0.29) is 31.1 Å². The number of likely N-dealkylation sites (tertiary alicyclic amines) is 1. The van der Waals surface area contributed by atoms with Crippen molar-refractivity contribution in [2.45, 2.75) is 12.7 Å². The Morgan fingerprint density at radius 1 is 1.41 bits per heavy atom. The van der Waals surface area contributed by atoms with E-state index in [0.29, 0.717) is 5.02 Å². The lowest BCUT2D eigenvalue weighted by molar-refractivity contribution is -0.166. The summed E-state index contributed by atoms with van der Waals surface area (Å²) in [6.45, 7) is -0.841. The largest absolute Gasteiger partial charge is 0.401 e. The molecule has 122 valence electrons. The van der Waals surface area contributed by atoms with Gasteiger partial charge in [-0.15, -0.1) is 0 Å². The lowest BCUT2D eigenvalue weighted by atomic mass is 9.98. The van der Waals surface area contributed by atoms with E-state index in [1.807, 2.05) is 0 Å². The number of amides is 1. The summed E-state index contributed by atoms with van der Waals surface area (Å²) in [6, 6.07) is 4.05. The van der Waals surface area contributed by atoms with E-state index in [9.17, 15) is 22.4 Å². The Morgan fingerprint density at radius 3 is 2.64 bits per heavy atom. The van der Waals surface area contributed by atoms with Gasteiger partial charge in [0.15, 0.2) is 0 Å². The maximum absolute atomic E-state index is 13.6. The SMILES string of the molecule is CN(Cc1cc(Cl)ccc1F)C(=O)C1CN(CC(F)(F)F)C1. The highest BCUT2D eigenvalue weighted by atomic mass is 35.5. The summed E-state index contributed by atoms with van der Waals surface area (Å²) in [6.07, 6.45) is -4.26. The predicted molar refractivity (Wildman–Crippen MR) is 73.9 cm³/mol. The van der Waals surface area contributed by atoms with Crippen LogP contribution in [0.4, 0.5) is 17.6 Å². The van der Waals surface area contributed by atoms with Crippen LogP contribution in [0.5, 0.6) is 0 Å². The fourth-order valence-electron chi connectivity index (χ4n) is 2.42. The molecule has 0 bridgehead atoms. The quantitative estimate of drug-likeness (QED) is 0.788. The number of benzene rings is 1. The van der Waals surface area contributed by atoms with E-state index in [0.717, 1.165) is 4.90 Å². The Kier molecular flexibility index (Phi) is 4.97. The van der Waals surface area contributed by atoms with E-state index in [1.165, 1.54) is 30.1 Å². The fraction of sp³-hybridized carbons (Fsp3) is 0.500. The maximum Gasteiger partial charge on any atom is 0.401 e. The molecule has 0 atom stereocenters. The Bertz CT molecular complexity index is 558. The first kappa shape index (κ1) is 17.0. The van der Waals surface area contributed by atoms with Crippen LogP contribution in [-0.4, -0.2) is 48.6 Å². The molecule has 0 N–H and O–H groups in total. The number of hydrogen-bond donors (Lipinski definition) is 0. The molecule has 1 aromatic rings. The average Bonchev–Trinajstić information content (AvgIpc) is 2.35. The van der Waals surface area contributed by atoms with Crippen LogP contribution in [-0.2, 0) is 11.3 Å². The number of carbonyl (C=O) groups excluding carboxylic acids is 1. The van der Waals surface area contributed by atoms with Gasteiger partial charge in [0.25, 0.3) is 0 Å². The van der Waals surface area contributed by atoms with Crippen LogP contribution in [0.15, 0.2) is 18.2 Å². The van der Waals surface area contributed by atoms with E-state index in [2.05, 4.69) is 0 Å². The third-order valence-electron chi connectivity index (χ3n) is 3.50. The topological polar surface area (TPSA) is 23.6 Å². The van der Waals surface area contributed by atoms with Gasteiger partial charge in [-0.25, -0.2) is 4.39 Å². The van der Waals surface area contributed by atoms with Crippen molar-refractivity contribution in [2.24, 2.45) is 5.92 Å². The van der Waals surface area contributed by atoms with E-state index in [1.54, 1.807) is 0 Å². The second-order valence-corrected chi connectivity index (χ2v) is 5.87. The van der Waals surface area contributed by atoms with Gasteiger partial charge < -0.3 is 4.90 Å². The molecule has 1 aliphatic rings. The van der Waals surface area contributed by atoms with Crippen LogP contribution in [0.1, 0.15) is 5.56 Å². The molecule has 1 heterocycles. The standard InChI is InChI=1S/C14H15ClF4N2O/c1-20(5-9-4-11(15)2-3-12(9)16)13(22)10-6-21(7-10)8-14(17,18)19/h2-4,10H,5-8H2,1H3. The van der Waals surface area contributed by atoms with Crippen LogP contribution < -0.4 is 0 Å². The first-order valence-corrected chi connectivity index (χ1v) is 7.01. The molecule has 1 amide bonds. The van der Waals surface area contributed by atoms with Gasteiger partial charge in [-0.3, -0.25) is 9.69 Å². The molecular weight excluding hydrogens is 324 g/mol. The van der Waals surface area contributed by atoms with Gasteiger partial charge in [-0.1, -0.05) is 11.6 Å². The Hall–Kier alpha value is -1.34. The van der Waals surface area contributed by atoms with Crippen molar-refractivity contribution in [2.75, 3.05) is 26.7 Å². The zero-order valence-corrected chi connectivity index (χ0v) is 12.6. The van der Waals surface area contributed by atoms with Crippen molar-refractivity contribution in [3.8, 4) is 0 Å². The third kappa shape index (κ3) is 4.33. The molecule has 1 aromatic carbocycles. The van der Waals surface area contributed by atoms with Gasteiger partial charge >= 0.3 is 6.18 Å². The summed E-state index contributed by atoms with van der Waals surface area (Å²) < 4.78 is 50.2. The molecule has 0 aromatic heterocycles. The van der Waals surface area contributed by atoms with Crippen molar-refractivity contribution in [3.05, 3.63) is 34.6 Å². The van der Waals surface area contributed by atoms with Crippen molar-refractivity contribution in [1.82, 2.24) is 9.80 Å². The molecule has 1 saturated heterocycles. The van der Waals surface area contributed by atoms with Crippen LogP contribution in [0, 0.1) is 11.7 Å². The monoisotopic (exact) mass is 338 g/mol. The number of alkyl halides is 3.